The second-order valence-corrected chi connectivity index (χ2v) is 5.77. The molecule has 1 heterocycles. The summed E-state index contributed by atoms with van der Waals surface area (Å²) in [5.41, 5.74) is 1.69. The minimum Gasteiger partial charge on any atom is -0.507 e. The Morgan fingerprint density at radius 3 is 2.52 bits per heavy atom. The molecule has 1 amide bonds. The number of amides is 1. The molecule has 0 radical (unpaired) electrons. The molecule has 0 atom stereocenters. The number of aliphatic imine (C=N–C) groups is 1. The van der Waals surface area contributed by atoms with E-state index in [1.165, 1.54) is 6.07 Å². The maximum atomic E-state index is 12.1. The van der Waals surface area contributed by atoms with Gasteiger partial charge in [0.2, 0.25) is 0 Å². The van der Waals surface area contributed by atoms with Gasteiger partial charge >= 0.3 is 0 Å². The Morgan fingerprint density at radius 1 is 1.04 bits per heavy atom. The van der Waals surface area contributed by atoms with Crippen LogP contribution in [0.25, 0.3) is 0 Å². The summed E-state index contributed by atoms with van der Waals surface area (Å²) in [7, 11) is 0. The van der Waals surface area contributed by atoms with E-state index in [4.69, 9.17) is 0 Å². The standard InChI is InChI=1S/C18H14N2O2S/c21-17-6-2-1-5-16(17)18(22)20-14-9-7-13(8-10-14)19-12-15-4-3-11-23-15/h1-12,21H,(H,20,22). The van der Waals surface area contributed by atoms with Crippen molar-refractivity contribution in [1.29, 1.82) is 0 Å². The Bertz CT molecular complexity index is 824. The van der Waals surface area contributed by atoms with Crippen LogP contribution in [-0.4, -0.2) is 17.2 Å². The maximum absolute atomic E-state index is 12.1. The molecule has 0 unspecified atom stereocenters. The average molecular weight is 322 g/mol. The fourth-order valence-corrected chi connectivity index (χ4v) is 2.58. The molecule has 0 aliphatic rings. The first-order valence-corrected chi connectivity index (χ1v) is 7.87. The van der Waals surface area contributed by atoms with Crippen LogP contribution in [-0.2, 0) is 0 Å². The maximum Gasteiger partial charge on any atom is 0.259 e. The van der Waals surface area contributed by atoms with Crippen molar-refractivity contribution in [2.45, 2.75) is 0 Å². The molecule has 4 nitrogen and oxygen atoms in total. The second kappa shape index (κ2) is 6.89. The van der Waals surface area contributed by atoms with Crippen molar-refractivity contribution in [2.24, 2.45) is 4.99 Å². The van der Waals surface area contributed by atoms with E-state index in [2.05, 4.69) is 10.3 Å². The number of aromatic hydroxyl groups is 1. The number of para-hydroxylation sites is 1. The molecule has 0 fully saturated rings. The predicted molar refractivity (Wildman–Crippen MR) is 94.1 cm³/mol. The van der Waals surface area contributed by atoms with E-state index in [9.17, 15) is 9.90 Å². The molecule has 0 bridgehead atoms. The third kappa shape index (κ3) is 3.84. The zero-order valence-electron chi connectivity index (χ0n) is 12.1. The lowest BCUT2D eigenvalue weighted by molar-refractivity contribution is 0.102. The van der Waals surface area contributed by atoms with E-state index in [0.717, 1.165) is 10.6 Å². The summed E-state index contributed by atoms with van der Waals surface area (Å²) in [5, 5.41) is 14.4. The summed E-state index contributed by atoms with van der Waals surface area (Å²) in [6.07, 6.45) is 1.81. The SMILES string of the molecule is O=C(Nc1ccc(N=Cc2cccs2)cc1)c1ccccc1O. The van der Waals surface area contributed by atoms with Crippen LogP contribution in [0.1, 0.15) is 15.2 Å². The Balaban J connectivity index is 1.68. The highest BCUT2D eigenvalue weighted by molar-refractivity contribution is 7.11. The number of anilines is 1. The monoisotopic (exact) mass is 322 g/mol. The van der Waals surface area contributed by atoms with Crippen LogP contribution in [0, 0.1) is 0 Å². The Morgan fingerprint density at radius 2 is 1.83 bits per heavy atom. The van der Waals surface area contributed by atoms with Gasteiger partial charge in [0.15, 0.2) is 0 Å². The Kier molecular flexibility index (Phi) is 4.49. The van der Waals surface area contributed by atoms with Crippen molar-refractivity contribution >= 4 is 34.8 Å². The highest BCUT2D eigenvalue weighted by Gasteiger charge is 2.10. The molecule has 5 heteroatoms. The lowest BCUT2D eigenvalue weighted by Crippen LogP contribution is -2.11. The van der Waals surface area contributed by atoms with Gasteiger partial charge in [-0.3, -0.25) is 9.79 Å². The van der Waals surface area contributed by atoms with Crippen molar-refractivity contribution < 1.29 is 9.90 Å². The van der Waals surface area contributed by atoms with Crippen LogP contribution >= 0.6 is 11.3 Å². The molecule has 2 aromatic carbocycles. The minimum absolute atomic E-state index is 0.0397. The molecule has 1 aromatic heterocycles. The normalized spacial score (nSPS) is 10.8. The minimum atomic E-state index is -0.349. The summed E-state index contributed by atoms with van der Waals surface area (Å²) in [6.45, 7) is 0. The van der Waals surface area contributed by atoms with Gasteiger partial charge in [0.05, 0.1) is 11.3 Å². The van der Waals surface area contributed by atoms with Crippen molar-refractivity contribution in [3.63, 3.8) is 0 Å². The van der Waals surface area contributed by atoms with E-state index < -0.39 is 0 Å². The zero-order valence-corrected chi connectivity index (χ0v) is 13.0. The number of carbonyl (C=O) groups excluding carboxylic acids is 1. The van der Waals surface area contributed by atoms with E-state index in [1.807, 2.05) is 29.6 Å². The van der Waals surface area contributed by atoms with Crippen molar-refractivity contribution in [3.05, 3.63) is 76.5 Å². The molecule has 114 valence electrons. The summed E-state index contributed by atoms with van der Waals surface area (Å²) >= 11 is 1.62. The van der Waals surface area contributed by atoms with Crippen LogP contribution in [0.5, 0.6) is 5.75 Å². The van der Waals surface area contributed by atoms with E-state index in [0.29, 0.717) is 5.69 Å². The smallest absolute Gasteiger partial charge is 0.259 e. The molecule has 0 spiro atoms. The van der Waals surface area contributed by atoms with Crippen molar-refractivity contribution in [1.82, 2.24) is 0 Å². The number of hydrogen-bond acceptors (Lipinski definition) is 4. The number of rotatable bonds is 4. The third-order valence-corrected chi connectivity index (χ3v) is 3.96. The number of phenolic OH excluding ortho intramolecular Hbond substituents is 1. The van der Waals surface area contributed by atoms with Gasteiger partial charge in [-0.05, 0) is 47.8 Å². The number of hydrogen-bond donors (Lipinski definition) is 2. The first kappa shape index (κ1) is 15.0. The van der Waals surface area contributed by atoms with Crippen molar-refractivity contribution in [2.75, 3.05) is 5.32 Å². The first-order valence-electron chi connectivity index (χ1n) is 6.99. The summed E-state index contributed by atoms with van der Waals surface area (Å²) < 4.78 is 0. The summed E-state index contributed by atoms with van der Waals surface area (Å²) in [4.78, 5) is 17.6. The number of thiophene rings is 1. The molecule has 0 aliphatic carbocycles. The quantitative estimate of drug-likeness (QED) is 0.697. The van der Waals surface area contributed by atoms with Crippen molar-refractivity contribution in [3.8, 4) is 5.75 Å². The highest BCUT2D eigenvalue weighted by Crippen LogP contribution is 2.20. The van der Waals surface area contributed by atoms with E-state index in [-0.39, 0.29) is 17.2 Å². The third-order valence-electron chi connectivity index (χ3n) is 3.16. The van der Waals surface area contributed by atoms with E-state index in [1.54, 1.807) is 47.9 Å². The average Bonchev–Trinajstić information content (AvgIpc) is 3.08. The lowest BCUT2D eigenvalue weighted by Gasteiger charge is -2.06. The van der Waals surface area contributed by atoms with Gasteiger partial charge in [0, 0.05) is 16.8 Å². The zero-order chi connectivity index (χ0) is 16.1. The molecular weight excluding hydrogens is 308 g/mol. The largest absolute Gasteiger partial charge is 0.507 e. The van der Waals surface area contributed by atoms with Gasteiger partial charge in [-0.1, -0.05) is 18.2 Å². The van der Waals surface area contributed by atoms with Gasteiger partial charge in [0.1, 0.15) is 5.75 Å². The number of benzene rings is 2. The molecule has 23 heavy (non-hydrogen) atoms. The van der Waals surface area contributed by atoms with Gasteiger partial charge in [-0.2, -0.15) is 0 Å². The number of carbonyl (C=O) groups is 1. The summed E-state index contributed by atoms with van der Waals surface area (Å²) in [5.74, 6) is -0.389. The fraction of sp³-hybridized carbons (Fsp3) is 0. The number of nitrogens with zero attached hydrogens (tertiary/aromatic N) is 1. The van der Waals surface area contributed by atoms with Crippen LogP contribution in [0.3, 0.4) is 0 Å². The molecule has 3 rings (SSSR count). The predicted octanol–water partition coefficient (Wildman–Crippen LogP) is 4.46. The Labute approximate surface area is 137 Å². The first-order chi connectivity index (χ1) is 11.2. The van der Waals surface area contributed by atoms with Gasteiger partial charge in [-0.25, -0.2) is 0 Å². The van der Waals surface area contributed by atoms with E-state index >= 15 is 0 Å². The van der Waals surface area contributed by atoms with Gasteiger partial charge < -0.3 is 10.4 Å². The number of phenols is 1. The molecule has 0 saturated carbocycles. The second-order valence-electron chi connectivity index (χ2n) is 4.79. The van der Waals surface area contributed by atoms with Crippen LogP contribution < -0.4 is 5.32 Å². The Hall–Kier alpha value is -2.92. The molecule has 2 N–H and O–H groups in total. The van der Waals surface area contributed by atoms with Gasteiger partial charge in [-0.15, -0.1) is 11.3 Å². The molecule has 0 aliphatic heterocycles. The highest BCUT2D eigenvalue weighted by atomic mass is 32.1. The molecule has 0 saturated heterocycles. The van der Waals surface area contributed by atoms with Crippen LogP contribution in [0.4, 0.5) is 11.4 Å². The fourth-order valence-electron chi connectivity index (χ4n) is 2.00. The molecule has 3 aromatic rings. The van der Waals surface area contributed by atoms with Crippen LogP contribution in [0.15, 0.2) is 71.0 Å². The van der Waals surface area contributed by atoms with Crippen LogP contribution in [0.2, 0.25) is 0 Å². The molecular formula is C18H14N2O2S. The van der Waals surface area contributed by atoms with Gasteiger partial charge in [0.25, 0.3) is 5.91 Å². The lowest BCUT2D eigenvalue weighted by atomic mass is 10.2. The summed E-state index contributed by atoms with van der Waals surface area (Å²) in [6, 6.07) is 17.6. The topological polar surface area (TPSA) is 61.7 Å². The number of nitrogens with one attached hydrogen (secondary N) is 1.